The minimum atomic E-state index is -3.32. The van der Waals surface area contributed by atoms with Gasteiger partial charge < -0.3 is 10.3 Å². The fourth-order valence-corrected chi connectivity index (χ4v) is 2.19. The molecule has 0 fully saturated rings. The van der Waals surface area contributed by atoms with Gasteiger partial charge >= 0.3 is 0 Å². The third kappa shape index (κ3) is 3.24. The summed E-state index contributed by atoms with van der Waals surface area (Å²) in [5.74, 6) is 5.76. The summed E-state index contributed by atoms with van der Waals surface area (Å²) in [4.78, 5) is 1.89. The van der Waals surface area contributed by atoms with E-state index in [9.17, 15) is 8.42 Å². The van der Waals surface area contributed by atoms with Crippen LogP contribution in [0.25, 0.3) is 0 Å². The smallest absolute Gasteiger partial charge is 0.181 e. The van der Waals surface area contributed by atoms with E-state index in [0.29, 0.717) is 5.82 Å². The van der Waals surface area contributed by atoms with Gasteiger partial charge in [-0.2, -0.15) is 0 Å². The van der Waals surface area contributed by atoms with Gasteiger partial charge in [0.25, 0.3) is 0 Å². The lowest BCUT2D eigenvalue weighted by Gasteiger charge is -2.27. The average Bonchev–Trinajstić information content (AvgIpc) is 2.24. The van der Waals surface area contributed by atoms with Gasteiger partial charge in [0.05, 0.1) is 5.75 Å². The van der Waals surface area contributed by atoms with E-state index in [2.05, 4.69) is 12.0 Å². The monoisotopic (exact) mass is 247 g/mol. The molecule has 6 heteroatoms. The molecule has 0 heterocycles. The molecule has 3 N–H and O–H groups in total. The number of rotatable bonds is 6. The predicted octanol–water partition coefficient (Wildman–Crippen LogP) is 0.580. The first-order valence-corrected chi connectivity index (χ1v) is 6.75. The molecular weight excluding hydrogens is 226 g/mol. The van der Waals surface area contributed by atoms with Crippen LogP contribution in [0.2, 0.25) is 0 Å². The third-order valence-corrected chi connectivity index (χ3v) is 4.19. The minimum absolute atomic E-state index is 0.0193. The van der Waals surface area contributed by atoms with Crippen LogP contribution in [0.3, 0.4) is 0 Å². The van der Waals surface area contributed by atoms with Gasteiger partial charge in [-0.05, 0) is 19.9 Å². The van der Waals surface area contributed by atoms with Crippen molar-refractivity contribution in [1.29, 1.82) is 0 Å². The molecular formula is C10H21N3O2S. The Kier molecular flexibility index (Phi) is 5.53. The molecule has 16 heavy (non-hydrogen) atoms. The Hall–Kier alpha value is -1.01. The van der Waals surface area contributed by atoms with Gasteiger partial charge in [0.2, 0.25) is 0 Å². The Morgan fingerprint density at radius 2 is 2.06 bits per heavy atom. The Balaban J connectivity index is 5.66. The van der Waals surface area contributed by atoms with Crippen molar-refractivity contribution in [2.24, 2.45) is 5.84 Å². The molecule has 5 nitrogen and oxygen atoms in total. The van der Waals surface area contributed by atoms with Gasteiger partial charge in [-0.15, -0.1) is 0 Å². The van der Waals surface area contributed by atoms with Crippen molar-refractivity contribution in [3.8, 4) is 0 Å². The Bertz CT molecular complexity index is 372. The highest BCUT2D eigenvalue weighted by Crippen LogP contribution is 2.16. The second kappa shape index (κ2) is 5.91. The highest BCUT2D eigenvalue weighted by molar-refractivity contribution is 7.95. The number of hydrogen-bond acceptors (Lipinski definition) is 5. The molecule has 0 rings (SSSR count). The number of hydrazine groups is 1. The van der Waals surface area contributed by atoms with E-state index in [1.165, 1.54) is 6.08 Å². The molecule has 0 radical (unpaired) electrons. The molecule has 0 bridgehead atoms. The van der Waals surface area contributed by atoms with Crippen molar-refractivity contribution in [2.75, 3.05) is 12.8 Å². The normalized spacial score (nSPS) is 13.4. The summed E-state index contributed by atoms with van der Waals surface area (Å²) in [5.41, 5.74) is 2.43. The Morgan fingerprint density at radius 3 is 2.31 bits per heavy atom. The predicted molar refractivity (Wildman–Crippen MR) is 66.9 cm³/mol. The standard InChI is InChI=1S/C10H21N3O2S/c1-6-9(16(14,15)7-2)10(12-11)13(5)8(3)4/h6,8,12H,1,7,11H2,2-5H3/b10-9+. The maximum Gasteiger partial charge on any atom is 0.181 e. The van der Waals surface area contributed by atoms with Crippen LogP contribution in [-0.4, -0.2) is 32.2 Å². The lowest BCUT2D eigenvalue weighted by atomic mass is 10.3. The van der Waals surface area contributed by atoms with Crippen LogP contribution in [0.1, 0.15) is 20.8 Å². The lowest BCUT2D eigenvalue weighted by molar-refractivity contribution is 0.319. The van der Waals surface area contributed by atoms with E-state index in [1.54, 1.807) is 18.9 Å². The molecule has 0 aromatic carbocycles. The molecule has 0 aromatic rings. The van der Waals surface area contributed by atoms with Crippen LogP contribution in [0.4, 0.5) is 0 Å². The van der Waals surface area contributed by atoms with E-state index in [-0.39, 0.29) is 16.7 Å². The second-order valence-electron chi connectivity index (χ2n) is 3.67. The van der Waals surface area contributed by atoms with Gasteiger partial charge in [-0.25, -0.2) is 14.3 Å². The van der Waals surface area contributed by atoms with Crippen molar-refractivity contribution in [3.63, 3.8) is 0 Å². The third-order valence-electron chi connectivity index (χ3n) is 2.40. The molecule has 0 aliphatic carbocycles. The largest absolute Gasteiger partial charge is 0.357 e. The number of sulfone groups is 1. The van der Waals surface area contributed by atoms with E-state index in [1.807, 2.05) is 13.8 Å². The molecule has 0 aliphatic heterocycles. The summed E-state index contributed by atoms with van der Waals surface area (Å²) >= 11 is 0. The summed E-state index contributed by atoms with van der Waals surface area (Å²) < 4.78 is 23.6. The molecule has 0 atom stereocenters. The Morgan fingerprint density at radius 1 is 1.56 bits per heavy atom. The van der Waals surface area contributed by atoms with Gasteiger partial charge in [-0.3, -0.25) is 0 Å². The molecule has 0 saturated carbocycles. The zero-order valence-corrected chi connectivity index (χ0v) is 11.1. The van der Waals surface area contributed by atoms with Crippen molar-refractivity contribution in [3.05, 3.63) is 23.4 Å². The molecule has 0 spiro atoms. The van der Waals surface area contributed by atoms with Gasteiger partial charge in [0, 0.05) is 13.1 Å². The van der Waals surface area contributed by atoms with Crippen molar-refractivity contribution >= 4 is 9.84 Å². The van der Waals surface area contributed by atoms with E-state index in [4.69, 9.17) is 5.84 Å². The molecule has 0 aromatic heterocycles. The number of nitrogens with two attached hydrogens (primary N) is 1. The summed E-state index contributed by atoms with van der Waals surface area (Å²) in [6.07, 6.45) is 1.31. The topological polar surface area (TPSA) is 75.4 Å². The zero-order valence-electron chi connectivity index (χ0n) is 10.3. The fraction of sp³-hybridized carbons (Fsp3) is 0.600. The van der Waals surface area contributed by atoms with Gasteiger partial charge in [-0.1, -0.05) is 13.5 Å². The van der Waals surface area contributed by atoms with E-state index < -0.39 is 9.84 Å². The minimum Gasteiger partial charge on any atom is -0.357 e. The SMILES string of the molecule is C=C/C(=C(/NN)N(C)C(C)C)S(=O)(=O)CC. The van der Waals surface area contributed by atoms with Crippen molar-refractivity contribution < 1.29 is 8.42 Å². The maximum absolute atomic E-state index is 11.8. The molecule has 0 unspecified atom stereocenters. The van der Waals surface area contributed by atoms with Gasteiger partial charge in [0.1, 0.15) is 10.7 Å². The average molecular weight is 247 g/mol. The quantitative estimate of drug-likeness (QED) is 0.408. The molecule has 0 amide bonds. The molecule has 0 saturated heterocycles. The fourth-order valence-electron chi connectivity index (χ4n) is 1.13. The first kappa shape index (κ1) is 15.0. The van der Waals surface area contributed by atoms with E-state index >= 15 is 0 Å². The second-order valence-corrected chi connectivity index (χ2v) is 5.92. The highest BCUT2D eigenvalue weighted by Gasteiger charge is 2.20. The Labute approximate surface area is 97.9 Å². The van der Waals surface area contributed by atoms with Gasteiger partial charge in [0.15, 0.2) is 9.84 Å². The molecule has 94 valence electrons. The number of allylic oxidation sites excluding steroid dienone is 1. The van der Waals surface area contributed by atoms with Crippen LogP contribution in [0, 0.1) is 0 Å². The van der Waals surface area contributed by atoms with Crippen LogP contribution >= 0.6 is 0 Å². The van der Waals surface area contributed by atoms with Crippen molar-refractivity contribution in [2.45, 2.75) is 26.8 Å². The summed E-state index contributed by atoms with van der Waals surface area (Å²) in [5, 5.41) is 0. The molecule has 0 aliphatic rings. The van der Waals surface area contributed by atoms with Crippen LogP contribution in [0.5, 0.6) is 0 Å². The number of nitrogens with zero attached hydrogens (tertiary/aromatic N) is 1. The summed E-state index contributed by atoms with van der Waals surface area (Å²) in [6, 6.07) is 0.132. The van der Waals surface area contributed by atoms with Crippen molar-refractivity contribution in [1.82, 2.24) is 10.3 Å². The van der Waals surface area contributed by atoms with Crippen LogP contribution in [-0.2, 0) is 9.84 Å². The highest BCUT2D eigenvalue weighted by atomic mass is 32.2. The van der Waals surface area contributed by atoms with Crippen LogP contribution < -0.4 is 11.3 Å². The first-order chi connectivity index (χ1) is 7.31. The van der Waals surface area contributed by atoms with E-state index in [0.717, 1.165) is 0 Å². The summed E-state index contributed by atoms with van der Waals surface area (Å²) in [7, 11) is -1.55. The number of hydrogen-bond donors (Lipinski definition) is 2. The lowest BCUT2D eigenvalue weighted by Crippen LogP contribution is -2.39. The maximum atomic E-state index is 11.8. The summed E-state index contributed by atoms with van der Waals surface area (Å²) in [6.45, 7) is 8.99. The first-order valence-electron chi connectivity index (χ1n) is 5.10. The zero-order chi connectivity index (χ0) is 12.9. The van der Waals surface area contributed by atoms with Crippen LogP contribution in [0.15, 0.2) is 23.4 Å². The number of nitrogens with one attached hydrogen (secondary N) is 1.